The van der Waals surface area contributed by atoms with Crippen molar-refractivity contribution in [2.24, 2.45) is 0 Å². The zero-order valence-corrected chi connectivity index (χ0v) is 18.7. The summed E-state index contributed by atoms with van der Waals surface area (Å²) in [5, 5.41) is 11.7. The molecule has 162 valence electrons. The summed E-state index contributed by atoms with van der Waals surface area (Å²) in [6, 6.07) is 14.9. The molecule has 3 aromatic carbocycles. The summed E-state index contributed by atoms with van der Waals surface area (Å²) >= 11 is 12.3. The number of carbonyl (C=O) groups is 2. The minimum Gasteiger partial charge on any atom is -0.507 e. The Kier molecular flexibility index (Phi) is 5.80. The molecule has 0 saturated carbocycles. The van der Waals surface area contributed by atoms with Gasteiger partial charge in [0, 0.05) is 21.3 Å². The molecule has 1 atom stereocenters. The largest absolute Gasteiger partial charge is 0.507 e. The molecular weight excluding hydrogens is 452 g/mol. The van der Waals surface area contributed by atoms with E-state index in [1.54, 1.807) is 19.1 Å². The van der Waals surface area contributed by atoms with Gasteiger partial charge < -0.3 is 5.11 Å². The molecule has 1 aliphatic rings. The van der Waals surface area contributed by atoms with E-state index >= 15 is 0 Å². The molecule has 1 amide bonds. The van der Waals surface area contributed by atoms with Gasteiger partial charge in [-0.2, -0.15) is 0 Å². The Labute approximate surface area is 194 Å². The summed E-state index contributed by atoms with van der Waals surface area (Å²) in [5.41, 5.74) is 2.25. The van der Waals surface area contributed by atoms with E-state index in [-0.39, 0.29) is 16.9 Å². The lowest BCUT2D eigenvalue weighted by atomic mass is 9.92. The molecule has 3 aromatic rings. The molecule has 1 heterocycles. The number of anilines is 1. The van der Waals surface area contributed by atoms with Gasteiger partial charge in [0.05, 0.1) is 11.6 Å². The maximum absolute atomic E-state index is 13.8. The van der Waals surface area contributed by atoms with Crippen LogP contribution in [0.25, 0.3) is 5.76 Å². The normalized spacial score (nSPS) is 17.8. The molecule has 0 aromatic heterocycles. The third kappa shape index (κ3) is 3.78. The number of aryl methyl sites for hydroxylation is 2. The van der Waals surface area contributed by atoms with Crippen molar-refractivity contribution in [3.63, 3.8) is 0 Å². The highest BCUT2D eigenvalue weighted by Crippen LogP contribution is 2.44. The third-order valence-corrected chi connectivity index (χ3v) is 5.92. The van der Waals surface area contributed by atoms with E-state index in [0.717, 1.165) is 5.56 Å². The van der Waals surface area contributed by atoms with Gasteiger partial charge in [0.2, 0.25) is 0 Å². The Morgan fingerprint density at radius 2 is 1.59 bits per heavy atom. The van der Waals surface area contributed by atoms with Gasteiger partial charge in [0.25, 0.3) is 11.7 Å². The predicted molar refractivity (Wildman–Crippen MR) is 124 cm³/mol. The number of Topliss-reactive ketones (excluding diaryl/α,β-unsaturated/α-hetero) is 1. The SMILES string of the molecule is Cc1cc(/C(O)=C2\C(=O)C(=O)N(c3cc(Cl)cc(Cl)c3)C2c2ccccc2C)ccc1F. The fraction of sp³-hybridized carbons (Fsp3) is 0.120. The van der Waals surface area contributed by atoms with Crippen molar-refractivity contribution in [2.45, 2.75) is 19.9 Å². The standard InChI is InChI=1S/C25H18Cl2FNO3/c1-13-5-3-4-6-19(13)22-21(23(30)15-7-8-20(28)14(2)9-15)24(31)25(32)29(22)18-11-16(26)10-17(27)12-18/h3-12,22,30H,1-2H3/b23-21+. The average molecular weight is 470 g/mol. The Hall–Kier alpha value is -3.15. The Morgan fingerprint density at radius 1 is 0.938 bits per heavy atom. The van der Waals surface area contributed by atoms with Crippen LogP contribution in [-0.4, -0.2) is 16.8 Å². The van der Waals surface area contributed by atoms with Crippen molar-refractivity contribution < 1.29 is 19.1 Å². The van der Waals surface area contributed by atoms with Gasteiger partial charge in [-0.15, -0.1) is 0 Å². The lowest BCUT2D eigenvalue weighted by Crippen LogP contribution is -2.29. The smallest absolute Gasteiger partial charge is 0.300 e. The maximum atomic E-state index is 13.8. The van der Waals surface area contributed by atoms with Crippen molar-refractivity contribution in [2.75, 3.05) is 4.90 Å². The molecule has 0 radical (unpaired) electrons. The number of amides is 1. The molecule has 0 bridgehead atoms. The molecule has 1 N–H and O–H groups in total. The number of aliphatic hydroxyl groups excluding tert-OH is 1. The highest BCUT2D eigenvalue weighted by molar-refractivity contribution is 6.52. The first kappa shape index (κ1) is 22.1. The highest BCUT2D eigenvalue weighted by Gasteiger charge is 2.47. The van der Waals surface area contributed by atoms with E-state index in [1.807, 2.05) is 19.1 Å². The van der Waals surface area contributed by atoms with Crippen molar-refractivity contribution in [1.82, 2.24) is 0 Å². The van der Waals surface area contributed by atoms with Crippen molar-refractivity contribution in [3.8, 4) is 0 Å². The summed E-state index contributed by atoms with van der Waals surface area (Å²) in [5.74, 6) is -2.49. The van der Waals surface area contributed by atoms with Gasteiger partial charge in [0.15, 0.2) is 0 Å². The fourth-order valence-electron chi connectivity index (χ4n) is 3.91. The van der Waals surface area contributed by atoms with E-state index in [2.05, 4.69) is 0 Å². The second kappa shape index (κ2) is 8.41. The molecule has 1 aliphatic heterocycles. The molecule has 4 rings (SSSR count). The van der Waals surface area contributed by atoms with Crippen LogP contribution in [0.3, 0.4) is 0 Å². The quantitative estimate of drug-likeness (QED) is 0.275. The van der Waals surface area contributed by atoms with E-state index in [1.165, 1.54) is 41.3 Å². The third-order valence-electron chi connectivity index (χ3n) is 5.48. The summed E-state index contributed by atoms with van der Waals surface area (Å²) in [6.07, 6.45) is 0. The molecule has 32 heavy (non-hydrogen) atoms. The monoisotopic (exact) mass is 469 g/mol. The lowest BCUT2D eigenvalue weighted by molar-refractivity contribution is -0.132. The highest BCUT2D eigenvalue weighted by atomic mass is 35.5. The van der Waals surface area contributed by atoms with Crippen LogP contribution in [0, 0.1) is 19.7 Å². The Balaban J connectivity index is 2.00. The van der Waals surface area contributed by atoms with Crippen molar-refractivity contribution >= 4 is 46.3 Å². The van der Waals surface area contributed by atoms with Gasteiger partial charge in [-0.3, -0.25) is 14.5 Å². The molecule has 1 fully saturated rings. The molecule has 7 heteroatoms. The fourth-order valence-corrected chi connectivity index (χ4v) is 4.43. The number of ketones is 1. The molecule has 0 spiro atoms. The van der Waals surface area contributed by atoms with Crippen LogP contribution in [-0.2, 0) is 9.59 Å². The van der Waals surface area contributed by atoms with Crippen molar-refractivity contribution in [1.29, 1.82) is 0 Å². The predicted octanol–water partition coefficient (Wildman–Crippen LogP) is 6.38. The van der Waals surface area contributed by atoms with Gasteiger partial charge in [-0.05, 0) is 66.9 Å². The number of hydrogen-bond donors (Lipinski definition) is 1. The number of aliphatic hydroxyl groups is 1. The summed E-state index contributed by atoms with van der Waals surface area (Å²) in [7, 11) is 0. The summed E-state index contributed by atoms with van der Waals surface area (Å²) in [6.45, 7) is 3.40. The molecular formula is C25H18Cl2FNO3. The van der Waals surface area contributed by atoms with E-state index in [0.29, 0.717) is 26.9 Å². The average Bonchev–Trinajstić information content (AvgIpc) is 3.00. The van der Waals surface area contributed by atoms with Crippen molar-refractivity contribution in [3.05, 3.63) is 104 Å². The van der Waals surface area contributed by atoms with Crippen LogP contribution in [0.1, 0.15) is 28.3 Å². The second-order valence-electron chi connectivity index (χ2n) is 7.62. The number of hydrogen-bond acceptors (Lipinski definition) is 3. The van der Waals surface area contributed by atoms with Crippen LogP contribution in [0.4, 0.5) is 10.1 Å². The van der Waals surface area contributed by atoms with Crippen LogP contribution < -0.4 is 4.90 Å². The van der Waals surface area contributed by atoms with Crippen LogP contribution >= 0.6 is 23.2 Å². The lowest BCUT2D eigenvalue weighted by Gasteiger charge is -2.27. The molecule has 0 aliphatic carbocycles. The molecule has 4 nitrogen and oxygen atoms in total. The van der Waals surface area contributed by atoms with Gasteiger partial charge in [-0.1, -0.05) is 47.5 Å². The van der Waals surface area contributed by atoms with Gasteiger partial charge in [0.1, 0.15) is 11.6 Å². The van der Waals surface area contributed by atoms with E-state index in [9.17, 15) is 19.1 Å². The first-order valence-corrected chi connectivity index (χ1v) is 10.5. The molecule has 1 unspecified atom stereocenters. The Bertz CT molecular complexity index is 1280. The topological polar surface area (TPSA) is 57.6 Å². The van der Waals surface area contributed by atoms with Gasteiger partial charge >= 0.3 is 0 Å². The number of halogens is 3. The number of rotatable bonds is 3. The summed E-state index contributed by atoms with van der Waals surface area (Å²) < 4.78 is 13.8. The zero-order chi connectivity index (χ0) is 23.2. The van der Waals surface area contributed by atoms with Crippen LogP contribution in [0.5, 0.6) is 0 Å². The minimum atomic E-state index is -0.920. The number of benzene rings is 3. The Morgan fingerprint density at radius 3 is 2.22 bits per heavy atom. The maximum Gasteiger partial charge on any atom is 0.300 e. The minimum absolute atomic E-state index is 0.0913. The second-order valence-corrected chi connectivity index (χ2v) is 8.49. The van der Waals surface area contributed by atoms with E-state index < -0.39 is 23.5 Å². The number of carbonyl (C=O) groups excluding carboxylic acids is 2. The van der Waals surface area contributed by atoms with Crippen LogP contribution in [0.2, 0.25) is 10.0 Å². The first-order valence-electron chi connectivity index (χ1n) is 9.78. The zero-order valence-electron chi connectivity index (χ0n) is 17.2. The summed E-state index contributed by atoms with van der Waals surface area (Å²) in [4.78, 5) is 27.6. The number of nitrogens with zero attached hydrogens (tertiary/aromatic N) is 1. The van der Waals surface area contributed by atoms with E-state index in [4.69, 9.17) is 23.2 Å². The van der Waals surface area contributed by atoms with Gasteiger partial charge in [-0.25, -0.2) is 4.39 Å². The first-order chi connectivity index (χ1) is 15.2. The molecule has 1 saturated heterocycles. The van der Waals surface area contributed by atoms with Crippen LogP contribution in [0.15, 0.2) is 66.2 Å².